The third-order valence-electron chi connectivity index (χ3n) is 7.70. The molecule has 0 bridgehead atoms. The number of hydrogen-bond acceptors (Lipinski definition) is 9. The number of fused-ring (bicyclic) bond motifs is 1. The van der Waals surface area contributed by atoms with Crippen molar-refractivity contribution in [3.8, 4) is 34.4 Å². The number of hydrogen-bond donors (Lipinski definition) is 0. The highest BCUT2D eigenvalue weighted by Crippen LogP contribution is 2.38. The number of aryl methyl sites for hydroxylation is 1. The van der Waals surface area contributed by atoms with Gasteiger partial charge in [-0.1, -0.05) is 26.0 Å². The summed E-state index contributed by atoms with van der Waals surface area (Å²) in [5.74, 6) is 2.19. The number of amides is 1. The van der Waals surface area contributed by atoms with E-state index >= 15 is 0 Å². The summed E-state index contributed by atoms with van der Waals surface area (Å²) >= 11 is 0. The van der Waals surface area contributed by atoms with Crippen LogP contribution in [-0.2, 0) is 9.53 Å². The van der Waals surface area contributed by atoms with Crippen LogP contribution in [0.1, 0.15) is 36.5 Å². The van der Waals surface area contributed by atoms with Crippen molar-refractivity contribution in [2.45, 2.75) is 26.7 Å². The molecule has 1 amide bonds. The number of para-hydroxylation sites is 1. The second kappa shape index (κ2) is 13.8. The second-order valence-corrected chi connectivity index (χ2v) is 10.9. The molecular formula is C34H38N4O7. The van der Waals surface area contributed by atoms with E-state index in [0.29, 0.717) is 65.8 Å². The number of methoxy groups -OCH3 is 3. The Balaban J connectivity index is 1.56. The van der Waals surface area contributed by atoms with Gasteiger partial charge in [0.1, 0.15) is 5.75 Å². The Hall–Kier alpha value is -4.90. The van der Waals surface area contributed by atoms with Crippen LogP contribution in [0.25, 0.3) is 22.3 Å². The van der Waals surface area contributed by atoms with Gasteiger partial charge in [-0.25, -0.2) is 4.98 Å². The highest BCUT2D eigenvalue weighted by Gasteiger charge is 2.21. The normalized spacial score (nSPS) is 13.4. The van der Waals surface area contributed by atoms with E-state index in [-0.39, 0.29) is 24.0 Å². The lowest BCUT2D eigenvalue weighted by molar-refractivity contribution is -0.137. The maximum atomic E-state index is 13.8. The average Bonchev–Trinajstić information content (AvgIpc) is 3.06. The molecule has 0 saturated carbocycles. The van der Waals surface area contributed by atoms with Crippen LogP contribution in [0.15, 0.2) is 58.4 Å². The Kier molecular flexibility index (Phi) is 9.68. The fourth-order valence-corrected chi connectivity index (χ4v) is 5.25. The molecule has 4 aromatic rings. The van der Waals surface area contributed by atoms with Crippen molar-refractivity contribution in [3.63, 3.8) is 0 Å². The molecule has 11 heteroatoms. The molecule has 0 N–H and O–H groups in total. The van der Waals surface area contributed by atoms with Gasteiger partial charge in [0.05, 0.1) is 51.7 Å². The zero-order valence-corrected chi connectivity index (χ0v) is 26.5. The molecule has 1 saturated heterocycles. The largest absolute Gasteiger partial charge is 0.496 e. The molecule has 0 unspecified atom stereocenters. The number of carbonyl (C=O) groups excluding carboxylic acids is 1. The molecule has 0 radical (unpaired) electrons. The van der Waals surface area contributed by atoms with Gasteiger partial charge in [-0.2, -0.15) is 9.78 Å². The fourth-order valence-electron chi connectivity index (χ4n) is 5.25. The van der Waals surface area contributed by atoms with Gasteiger partial charge in [0, 0.05) is 24.2 Å². The Labute approximate surface area is 261 Å². The molecule has 0 spiro atoms. The van der Waals surface area contributed by atoms with E-state index in [9.17, 15) is 9.59 Å². The van der Waals surface area contributed by atoms with Gasteiger partial charge in [-0.3, -0.25) is 9.59 Å². The van der Waals surface area contributed by atoms with Crippen molar-refractivity contribution in [2.75, 3.05) is 54.2 Å². The molecule has 1 aliphatic heterocycles. The Morgan fingerprint density at radius 3 is 2.31 bits per heavy atom. The van der Waals surface area contributed by atoms with E-state index in [0.717, 1.165) is 22.4 Å². The van der Waals surface area contributed by atoms with Crippen LogP contribution in [-0.4, -0.2) is 80.9 Å². The highest BCUT2D eigenvalue weighted by atomic mass is 16.5. The summed E-state index contributed by atoms with van der Waals surface area (Å²) < 4.78 is 29.4. The first-order valence-electron chi connectivity index (χ1n) is 14.7. The molecule has 45 heavy (non-hydrogen) atoms. The average molecular weight is 615 g/mol. The van der Waals surface area contributed by atoms with E-state index in [1.54, 1.807) is 36.3 Å². The summed E-state index contributed by atoms with van der Waals surface area (Å²) in [6.07, 6.45) is 1.54. The van der Waals surface area contributed by atoms with E-state index in [1.165, 1.54) is 25.1 Å². The molecule has 0 atom stereocenters. The van der Waals surface area contributed by atoms with Crippen LogP contribution < -0.4 is 24.5 Å². The SMILES string of the molecule is COc1cc(C)c(-c2nc3ccccc3c(=O)n2N=Cc2cc(OC)c(OCC(=O)N3CCOCC3)c(OC)c2)cc1C(C)C. The molecule has 1 aromatic heterocycles. The number of rotatable bonds is 10. The number of aromatic nitrogens is 2. The van der Waals surface area contributed by atoms with Crippen LogP contribution >= 0.6 is 0 Å². The van der Waals surface area contributed by atoms with Crippen molar-refractivity contribution < 1.29 is 28.5 Å². The van der Waals surface area contributed by atoms with Gasteiger partial charge in [0.2, 0.25) is 5.75 Å². The minimum absolute atomic E-state index is 0.154. The van der Waals surface area contributed by atoms with E-state index in [1.807, 2.05) is 31.2 Å². The first-order chi connectivity index (χ1) is 21.7. The Morgan fingerprint density at radius 1 is 1.00 bits per heavy atom. The smallest absolute Gasteiger partial charge is 0.282 e. The predicted octanol–water partition coefficient (Wildman–Crippen LogP) is 4.64. The highest BCUT2D eigenvalue weighted by molar-refractivity contribution is 5.84. The lowest BCUT2D eigenvalue weighted by atomic mass is 9.96. The van der Waals surface area contributed by atoms with Crippen LogP contribution in [0.4, 0.5) is 0 Å². The molecule has 1 aliphatic rings. The lowest BCUT2D eigenvalue weighted by Gasteiger charge is -2.27. The molecular weight excluding hydrogens is 576 g/mol. The number of benzene rings is 3. The topological polar surface area (TPSA) is 114 Å². The monoisotopic (exact) mass is 614 g/mol. The number of nitrogens with zero attached hydrogens (tertiary/aromatic N) is 4. The van der Waals surface area contributed by atoms with Crippen molar-refractivity contribution in [2.24, 2.45) is 5.10 Å². The first kappa shape index (κ1) is 31.5. The molecule has 2 heterocycles. The maximum Gasteiger partial charge on any atom is 0.282 e. The maximum absolute atomic E-state index is 13.8. The standard InChI is InChI=1S/C34H38N4O7/c1-21(2)25-18-26(22(3)15-28(25)41-4)33-36-27-10-8-7-9-24(27)34(40)38(33)35-19-23-16-29(42-5)32(30(17-23)43-6)45-20-31(39)37-11-13-44-14-12-37/h7-10,15-19,21H,11-14,20H2,1-6H3. The zero-order chi connectivity index (χ0) is 32.1. The fraction of sp³-hybridized carbons (Fsp3) is 0.353. The number of morpholine rings is 1. The molecule has 11 nitrogen and oxygen atoms in total. The van der Waals surface area contributed by atoms with Gasteiger partial charge < -0.3 is 28.6 Å². The van der Waals surface area contributed by atoms with E-state index in [4.69, 9.17) is 28.7 Å². The third kappa shape index (κ3) is 6.63. The van der Waals surface area contributed by atoms with Crippen molar-refractivity contribution in [3.05, 3.63) is 75.6 Å². The number of ether oxygens (including phenoxy) is 5. The third-order valence-corrected chi connectivity index (χ3v) is 7.70. The van der Waals surface area contributed by atoms with Crippen molar-refractivity contribution in [1.29, 1.82) is 0 Å². The van der Waals surface area contributed by atoms with Crippen LogP contribution in [0.3, 0.4) is 0 Å². The minimum atomic E-state index is -0.311. The van der Waals surface area contributed by atoms with Gasteiger partial charge in [-0.05, 0) is 60.4 Å². The summed E-state index contributed by atoms with van der Waals surface area (Å²) in [5.41, 5.74) is 3.49. The van der Waals surface area contributed by atoms with Crippen molar-refractivity contribution >= 4 is 23.0 Å². The summed E-state index contributed by atoms with van der Waals surface area (Å²) in [4.78, 5) is 33.1. The van der Waals surface area contributed by atoms with E-state index in [2.05, 4.69) is 18.9 Å². The van der Waals surface area contributed by atoms with Crippen LogP contribution in [0.5, 0.6) is 23.0 Å². The van der Waals surface area contributed by atoms with Crippen molar-refractivity contribution in [1.82, 2.24) is 14.6 Å². The molecule has 236 valence electrons. The second-order valence-electron chi connectivity index (χ2n) is 10.9. The number of carbonyl (C=O) groups is 1. The quantitative estimate of drug-likeness (QED) is 0.238. The Bertz CT molecular complexity index is 1770. The first-order valence-corrected chi connectivity index (χ1v) is 14.7. The Morgan fingerprint density at radius 2 is 1.67 bits per heavy atom. The summed E-state index contributed by atoms with van der Waals surface area (Å²) in [6, 6.07) is 14.6. The van der Waals surface area contributed by atoms with Crippen LogP contribution in [0.2, 0.25) is 0 Å². The predicted molar refractivity (Wildman–Crippen MR) is 172 cm³/mol. The van der Waals surface area contributed by atoms with Gasteiger partial charge >= 0.3 is 0 Å². The van der Waals surface area contributed by atoms with Gasteiger partial charge in [-0.15, -0.1) is 0 Å². The van der Waals surface area contributed by atoms with E-state index < -0.39 is 0 Å². The van der Waals surface area contributed by atoms with Crippen LogP contribution in [0, 0.1) is 6.92 Å². The summed E-state index contributed by atoms with van der Waals surface area (Å²) in [6.45, 7) is 7.99. The summed E-state index contributed by atoms with van der Waals surface area (Å²) in [5, 5.41) is 5.08. The molecule has 5 rings (SSSR count). The molecule has 1 fully saturated rings. The zero-order valence-electron chi connectivity index (χ0n) is 26.5. The molecule has 3 aromatic carbocycles. The minimum Gasteiger partial charge on any atom is -0.496 e. The molecule has 0 aliphatic carbocycles. The van der Waals surface area contributed by atoms with Gasteiger partial charge in [0.15, 0.2) is 23.9 Å². The summed E-state index contributed by atoms with van der Waals surface area (Å²) in [7, 11) is 4.65. The van der Waals surface area contributed by atoms with Gasteiger partial charge in [0.25, 0.3) is 11.5 Å². The lowest BCUT2D eigenvalue weighted by Crippen LogP contribution is -2.43.